The lowest BCUT2D eigenvalue weighted by atomic mass is 10.1. The molecule has 1 aromatic carbocycles. The smallest absolute Gasteiger partial charge is 0.162 e. The van der Waals surface area contributed by atoms with Crippen molar-refractivity contribution in [2.75, 3.05) is 5.73 Å². The van der Waals surface area contributed by atoms with E-state index < -0.39 is 11.6 Å². The van der Waals surface area contributed by atoms with Crippen LogP contribution in [-0.2, 0) is 0 Å². The number of nitrogens with two attached hydrogens (primary N) is 1. The molecule has 0 amide bonds. The highest BCUT2D eigenvalue weighted by Gasteiger charge is 2.12. The van der Waals surface area contributed by atoms with Gasteiger partial charge in [-0.1, -0.05) is 0 Å². The minimum absolute atomic E-state index is 0.0579. The van der Waals surface area contributed by atoms with Crippen molar-refractivity contribution in [2.24, 2.45) is 0 Å². The Hall–Kier alpha value is -1.71. The van der Waals surface area contributed by atoms with Crippen molar-refractivity contribution in [3.05, 3.63) is 29.1 Å². The monoisotopic (exact) mass is 181 g/mol. The Morgan fingerprint density at radius 2 is 2.15 bits per heavy atom. The predicted molar refractivity (Wildman–Crippen MR) is 46.2 cm³/mol. The summed E-state index contributed by atoms with van der Waals surface area (Å²) in [7, 11) is 0. The summed E-state index contributed by atoms with van der Waals surface area (Å²) < 4.78 is 13.2. The number of hydrogen-bond donors (Lipinski definition) is 1. The van der Waals surface area contributed by atoms with E-state index >= 15 is 0 Å². The molecule has 0 spiro atoms. The van der Waals surface area contributed by atoms with Crippen LogP contribution in [0.5, 0.6) is 0 Å². The van der Waals surface area contributed by atoms with Crippen LogP contribution in [0.3, 0.4) is 0 Å². The van der Waals surface area contributed by atoms with Gasteiger partial charge in [-0.25, -0.2) is 4.39 Å². The Morgan fingerprint density at radius 3 is 2.62 bits per heavy atom. The van der Waals surface area contributed by atoms with Crippen LogP contribution in [0.15, 0.2) is 12.1 Å². The standard InChI is InChI=1S/C9H8FNO2/c1-5(13)7-3-2-6(4-12)9(11)8(7)10/h2-4H,11H2,1H3. The first-order valence-corrected chi connectivity index (χ1v) is 3.62. The first kappa shape index (κ1) is 9.38. The van der Waals surface area contributed by atoms with E-state index in [9.17, 15) is 14.0 Å². The van der Waals surface area contributed by atoms with E-state index in [4.69, 9.17) is 5.73 Å². The van der Waals surface area contributed by atoms with Crippen molar-refractivity contribution in [1.82, 2.24) is 0 Å². The zero-order chi connectivity index (χ0) is 10.0. The third kappa shape index (κ3) is 1.56. The van der Waals surface area contributed by atoms with Crippen molar-refractivity contribution >= 4 is 17.8 Å². The molecule has 0 fully saturated rings. The fraction of sp³-hybridized carbons (Fsp3) is 0.111. The number of Topliss-reactive ketones (excluding diaryl/α,β-unsaturated/α-hetero) is 1. The minimum atomic E-state index is -0.822. The van der Waals surface area contributed by atoms with E-state index in [-0.39, 0.29) is 16.8 Å². The summed E-state index contributed by atoms with van der Waals surface area (Å²) in [6.07, 6.45) is 0.447. The first-order chi connectivity index (χ1) is 6.07. The summed E-state index contributed by atoms with van der Waals surface area (Å²) in [5.74, 6) is -1.24. The molecule has 0 aromatic heterocycles. The predicted octanol–water partition coefficient (Wildman–Crippen LogP) is 1.42. The van der Waals surface area contributed by atoms with Crippen LogP contribution in [0.25, 0.3) is 0 Å². The van der Waals surface area contributed by atoms with Gasteiger partial charge in [0.15, 0.2) is 17.9 Å². The third-order valence-corrected chi connectivity index (χ3v) is 1.72. The Kier molecular flexibility index (Phi) is 2.41. The van der Waals surface area contributed by atoms with Crippen LogP contribution in [0.1, 0.15) is 27.6 Å². The van der Waals surface area contributed by atoms with Crippen molar-refractivity contribution in [3.8, 4) is 0 Å². The Bertz CT molecular complexity index is 374. The summed E-state index contributed by atoms with van der Waals surface area (Å²) in [4.78, 5) is 21.2. The molecule has 0 bridgehead atoms. The van der Waals surface area contributed by atoms with Gasteiger partial charge >= 0.3 is 0 Å². The van der Waals surface area contributed by atoms with Gasteiger partial charge in [0, 0.05) is 5.56 Å². The number of aldehydes is 1. The summed E-state index contributed by atoms with van der Waals surface area (Å²) in [5.41, 5.74) is 4.96. The van der Waals surface area contributed by atoms with Gasteiger partial charge in [0.05, 0.1) is 11.3 Å². The second kappa shape index (κ2) is 3.35. The molecule has 0 saturated heterocycles. The van der Waals surface area contributed by atoms with E-state index in [1.54, 1.807) is 0 Å². The summed E-state index contributed by atoms with van der Waals surface area (Å²) in [6.45, 7) is 1.23. The molecule has 68 valence electrons. The molecule has 4 heteroatoms. The van der Waals surface area contributed by atoms with Crippen LogP contribution >= 0.6 is 0 Å². The van der Waals surface area contributed by atoms with Gasteiger partial charge in [-0.3, -0.25) is 9.59 Å². The molecule has 0 atom stereocenters. The minimum Gasteiger partial charge on any atom is -0.396 e. The lowest BCUT2D eigenvalue weighted by Crippen LogP contribution is -2.04. The average Bonchev–Trinajstić information content (AvgIpc) is 2.09. The lowest BCUT2D eigenvalue weighted by molar-refractivity contribution is 0.101. The number of rotatable bonds is 2. The van der Waals surface area contributed by atoms with Crippen molar-refractivity contribution < 1.29 is 14.0 Å². The largest absolute Gasteiger partial charge is 0.396 e. The number of nitrogen functional groups attached to an aromatic ring is 1. The summed E-state index contributed by atoms with van der Waals surface area (Å²) in [6, 6.07) is 2.57. The molecule has 0 radical (unpaired) electrons. The normalized spacial score (nSPS) is 9.69. The van der Waals surface area contributed by atoms with Gasteiger partial charge < -0.3 is 5.73 Å². The molecule has 0 heterocycles. The van der Waals surface area contributed by atoms with Gasteiger partial charge in [0.1, 0.15) is 0 Å². The second-order valence-corrected chi connectivity index (χ2v) is 2.60. The number of hydrogen-bond acceptors (Lipinski definition) is 3. The fourth-order valence-electron chi connectivity index (χ4n) is 0.983. The van der Waals surface area contributed by atoms with Crippen LogP contribution in [-0.4, -0.2) is 12.1 Å². The maximum absolute atomic E-state index is 13.2. The molecular formula is C9H8FNO2. The van der Waals surface area contributed by atoms with Crippen LogP contribution in [0.4, 0.5) is 10.1 Å². The number of halogens is 1. The van der Waals surface area contributed by atoms with Crippen molar-refractivity contribution in [3.63, 3.8) is 0 Å². The maximum Gasteiger partial charge on any atom is 0.162 e. The highest BCUT2D eigenvalue weighted by atomic mass is 19.1. The molecule has 1 aromatic rings. The molecule has 2 N–H and O–H groups in total. The molecule has 1 rings (SSSR count). The Balaban J connectivity index is 3.39. The molecule has 0 aliphatic rings. The topological polar surface area (TPSA) is 60.2 Å². The Morgan fingerprint density at radius 1 is 1.54 bits per heavy atom. The number of carbonyl (C=O) groups excluding carboxylic acids is 2. The average molecular weight is 181 g/mol. The molecule has 0 saturated carbocycles. The summed E-state index contributed by atoms with van der Waals surface area (Å²) >= 11 is 0. The van der Waals surface area contributed by atoms with Crippen LogP contribution < -0.4 is 5.73 Å². The third-order valence-electron chi connectivity index (χ3n) is 1.72. The van der Waals surface area contributed by atoms with Gasteiger partial charge in [0.25, 0.3) is 0 Å². The van der Waals surface area contributed by atoms with Gasteiger partial charge in [0.2, 0.25) is 0 Å². The Labute approximate surface area is 74.4 Å². The lowest BCUT2D eigenvalue weighted by Gasteiger charge is -2.03. The van der Waals surface area contributed by atoms with E-state index in [1.165, 1.54) is 19.1 Å². The van der Waals surface area contributed by atoms with E-state index in [1.807, 2.05) is 0 Å². The zero-order valence-electron chi connectivity index (χ0n) is 7.00. The van der Waals surface area contributed by atoms with Crippen molar-refractivity contribution in [1.29, 1.82) is 0 Å². The summed E-state index contributed by atoms with van der Waals surface area (Å²) in [5, 5.41) is 0. The van der Waals surface area contributed by atoms with Crippen molar-refractivity contribution in [2.45, 2.75) is 6.92 Å². The molecule has 0 unspecified atom stereocenters. The SMILES string of the molecule is CC(=O)c1ccc(C=O)c(N)c1F. The molecule has 0 aliphatic heterocycles. The van der Waals surface area contributed by atoms with E-state index in [0.29, 0.717) is 6.29 Å². The second-order valence-electron chi connectivity index (χ2n) is 2.60. The number of ketones is 1. The maximum atomic E-state index is 13.2. The van der Waals surface area contributed by atoms with Crippen LogP contribution in [0, 0.1) is 5.82 Å². The van der Waals surface area contributed by atoms with Gasteiger partial charge in [-0.2, -0.15) is 0 Å². The van der Waals surface area contributed by atoms with Gasteiger partial charge in [-0.15, -0.1) is 0 Å². The fourth-order valence-corrected chi connectivity index (χ4v) is 0.983. The number of carbonyl (C=O) groups is 2. The molecular weight excluding hydrogens is 173 g/mol. The molecule has 0 aliphatic carbocycles. The highest BCUT2D eigenvalue weighted by molar-refractivity contribution is 5.97. The highest BCUT2D eigenvalue weighted by Crippen LogP contribution is 2.19. The first-order valence-electron chi connectivity index (χ1n) is 3.62. The quantitative estimate of drug-likeness (QED) is 0.426. The van der Waals surface area contributed by atoms with Crippen LogP contribution in [0.2, 0.25) is 0 Å². The van der Waals surface area contributed by atoms with E-state index in [2.05, 4.69) is 0 Å². The zero-order valence-corrected chi connectivity index (χ0v) is 7.00. The van der Waals surface area contributed by atoms with Gasteiger partial charge in [-0.05, 0) is 19.1 Å². The number of benzene rings is 1. The van der Waals surface area contributed by atoms with E-state index in [0.717, 1.165) is 0 Å². The molecule has 13 heavy (non-hydrogen) atoms. The number of anilines is 1. The molecule has 3 nitrogen and oxygen atoms in total.